The first kappa shape index (κ1) is 27.9. The van der Waals surface area contributed by atoms with Crippen molar-refractivity contribution < 1.29 is 0 Å². The Morgan fingerprint density at radius 3 is 1.94 bits per heavy atom. The molecule has 0 amide bonds. The fourth-order valence-electron chi connectivity index (χ4n) is 4.23. The first-order chi connectivity index (χ1) is 16.5. The van der Waals surface area contributed by atoms with E-state index in [1.165, 1.54) is 81.6 Å². The number of rotatable bonds is 18. The van der Waals surface area contributed by atoms with E-state index in [9.17, 15) is 9.59 Å². The molecule has 0 aromatic carbocycles. The van der Waals surface area contributed by atoms with Crippen LogP contribution in [0.15, 0.2) is 14.7 Å². The van der Waals surface area contributed by atoms with Crippen molar-refractivity contribution in [3.8, 4) is 0 Å². The maximum atomic E-state index is 12.5. The van der Waals surface area contributed by atoms with E-state index in [2.05, 4.69) is 27.4 Å². The molecule has 0 fully saturated rings. The summed E-state index contributed by atoms with van der Waals surface area (Å²) in [5.41, 5.74) is 3.88. The molecule has 0 atom stereocenters. The zero-order chi connectivity index (χ0) is 24.8. The molecule has 2 rings (SSSR count). The normalized spacial score (nSPS) is 12.1. The number of aromatic nitrogens is 4. The number of hydrogen-bond donors (Lipinski definition) is 2. The molecule has 0 aliphatic rings. The van der Waals surface area contributed by atoms with Crippen LogP contribution in [-0.2, 0) is 13.6 Å². The molecule has 0 radical (unpaired) electrons. The highest BCUT2D eigenvalue weighted by Crippen LogP contribution is 2.18. The molecule has 0 saturated carbocycles. The summed E-state index contributed by atoms with van der Waals surface area (Å²) in [6.07, 6.45) is 19.1. The topological polar surface area (TPSA) is 97.1 Å². The molecule has 8 nitrogen and oxygen atoms in total. The molecule has 2 N–H and O–H groups in total. The number of fused-ring (bicyclic) bond motifs is 1. The van der Waals surface area contributed by atoms with Crippen molar-refractivity contribution in [1.29, 1.82) is 0 Å². The second-order valence-electron chi connectivity index (χ2n) is 9.49. The van der Waals surface area contributed by atoms with Gasteiger partial charge >= 0.3 is 5.69 Å². The van der Waals surface area contributed by atoms with Gasteiger partial charge in [-0.3, -0.25) is 14.3 Å². The Bertz CT molecular complexity index is 1000. The lowest BCUT2D eigenvalue weighted by Crippen LogP contribution is -2.29. The number of hydrogen-bond acceptors (Lipinski definition) is 5. The van der Waals surface area contributed by atoms with E-state index in [0.29, 0.717) is 23.7 Å². The lowest BCUT2D eigenvalue weighted by molar-refractivity contribution is 0.526. The number of imidazole rings is 1. The minimum atomic E-state index is -0.460. The summed E-state index contributed by atoms with van der Waals surface area (Å²) in [5.74, 6) is 0.504. The van der Waals surface area contributed by atoms with Gasteiger partial charge in [0.1, 0.15) is 0 Å². The summed E-state index contributed by atoms with van der Waals surface area (Å²) in [4.78, 5) is 31.4. The molecule has 0 aliphatic heterocycles. The van der Waals surface area contributed by atoms with Crippen molar-refractivity contribution in [2.24, 2.45) is 12.1 Å². The average molecular weight is 475 g/mol. The third-order valence-corrected chi connectivity index (χ3v) is 6.60. The molecule has 0 spiro atoms. The number of aryl methyl sites for hydroxylation is 2. The van der Waals surface area contributed by atoms with Gasteiger partial charge in [0.25, 0.3) is 5.56 Å². The molecular formula is C26H46N6O2. The zero-order valence-electron chi connectivity index (χ0n) is 21.9. The first-order valence-electron chi connectivity index (χ1n) is 13.5. The molecule has 192 valence electrons. The summed E-state index contributed by atoms with van der Waals surface area (Å²) in [7, 11) is 1.62. The zero-order valence-corrected chi connectivity index (χ0v) is 21.9. The second-order valence-corrected chi connectivity index (χ2v) is 9.49. The van der Waals surface area contributed by atoms with Crippen molar-refractivity contribution >= 4 is 22.8 Å². The summed E-state index contributed by atoms with van der Waals surface area (Å²) in [6.45, 7) is 6.91. The number of nitrogens with zero attached hydrogens (tertiary/aromatic N) is 4. The van der Waals surface area contributed by atoms with Crippen LogP contribution in [-0.4, -0.2) is 24.8 Å². The van der Waals surface area contributed by atoms with Crippen LogP contribution in [0.1, 0.15) is 117 Å². The van der Waals surface area contributed by atoms with Gasteiger partial charge in [-0.15, -0.1) is 0 Å². The summed E-state index contributed by atoms with van der Waals surface area (Å²) >= 11 is 0. The second kappa shape index (κ2) is 15.5. The molecule has 2 heterocycles. The van der Waals surface area contributed by atoms with Crippen LogP contribution in [0.2, 0.25) is 0 Å². The highest BCUT2D eigenvalue weighted by Gasteiger charge is 2.17. The quantitative estimate of drug-likeness (QED) is 0.155. The van der Waals surface area contributed by atoms with Crippen molar-refractivity contribution in [1.82, 2.24) is 19.1 Å². The standard InChI is InChI=1S/C26H46N6O2/c1-5-7-8-9-10-11-12-13-14-15-16-17-18-19-20-32-22-23(31(4)26(34)28-24(22)33)27-25(32)30-29-21(3)6-2/h5-20H2,1-4H3,(H,27,30)(H,28,33,34). The lowest BCUT2D eigenvalue weighted by Gasteiger charge is -2.09. The Labute approximate surface area is 204 Å². The van der Waals surface area contributed by atoms with Gasteiger partial charge in [-0.2, -0.15) is 10.1 Å². The number of unbranched alkanes of at least 4 members (excludes halogenated alkanes) is 13. The minimum Gasteiger partial charge on any atom is -0.303 e. The van der Waals surface area contributed by atoms with Gasteiger partial charge in [0.15, 0.2) is 11.2 Å². The van der Waals surface area contributed by atoms with Crippen LogP contribution in [0, 0.1) is 0 Å². The summed E-state index contributed by atoms with van der Waals surface area (Å²) < 4.78 is 3.24. The Balaban J connectivity index is 1.78. The molecule has 2 aromatic heterocycles. The van der Waals surface area contributed by atoms with E-state index < -0.39 is 11.2 Å². The third-order valence-electron chi connectivity index (χ3n) is 6.60. The largest absolute Gasteiger partial charge is 0.329 e. The highest BCUT2D eigenvalue weighted by atomic mass is 16.2. The smallest absolute Gasteiger partial charge is 0.303 e. The van der Waals surface area contributed by atoms with E-state index >= 15 is 0 Å². The van der Waals surface area contributed by atoms with E-state index in [1.54, 1.807) is 7.05 Å². The fraction of sp³-hybridized carbons (Fsp3) is 0.769. The summed E-state index contributed by atoms with van der Waals surface area (Å²) in [5, 5.41) is 4.35. The van der Waals surface area contributed by atoms with Gasteiger partial charge in [-0.1, -0.05) is 97.3 Å². The van der Waals surface area contributed by atoms with Crippen LogP contribution in [0.5, 0.6) is 0 Å². The van der Waals surface area contributed by atoms with Gasteiger partial charge in [0.2, 0.25) is 5.95 Å². The molecule has 0 bridgehead atoms. The van der Waals surface area contributed by atoms with Gasteiger partial charge in [-0.05, 0) is 19.8 Å². The van der Waals surface area contributed by atoms with Gasteiger partial charge in [0, 0.05) is 19.3 Å². The third kappa shape index (κ3) is 8.76. The van der Waals surface area contributed by atoms with Crippen molar-refractivity contribution in [2.45, 2.75) is 124 Å². The van der Waals surface area contributed by atoms with Crippen LogP contribution in [0.4, 0.5) is 5.95 Å². The average Bonchev–Trinajstić information content (AvgIpc) is 3.20. The van der Waals surface area contributed by atoms with Gasteiger partial charge in [-0.25, -0.2) is 10.2 Å². The molecule has 2 aromatic rings. The molecule has 8 heteroatoms. The van der Waals surface area contributed by atoms with Gasteiger partial charge in [0.05, 0.1) is 0 Å². The number of nitrogens with one attached hydrogen (secondary N) is 2. The summed E-state index contributed by atoms with van der Waals surface area (Å²) in [6, 6.07) is 0. The van der Waals surface area contributed by atoms with Crippen LogP contribution < -0.4 is 16.7 Å². The predicted octanol–water partition coefficient (Wildman–Crippen LogP) is 6.10. The SMILES string of the molecule is CCCCCCCCCCCCCCCCn1c(NN=C(C)CC)nc2c1c(=O)[nH]c(=O)n2C. The highest BCUT2D eigenvalue weighted by molar-refractivity contribution is 5.82. The van der Waals surface area contributed by atoms with Crippen LogP contribution >= 0.6 is 0 Å². The van der Waals surface area contributed by atoms with Crippen molar-refractivity contribution in [2.75, 3.05) is 5.43 Å². The fourth-order valence-corrected chi connectivity index (χ4v) is 4.23. The number of hydrazone groups is 1. The predicted molar refractivity (Wildman–Crippen MR) is 143 cm³/mol. The molecule has 0 aliphatic carbocycles. The Hall–Kier alpha value is -2.38. The van der Waals surface area contributed by atoms with E-state index in [1.807, 2.05) is 18.4 Å². The van der Waals surface area contributed by atoms with E-state index in [4.69, 9.17) is 0 Å². The lowest BCUT2D eigenvalue weighted by atomic mass is 10.0. The Morgan fingerprint density at radius 1 is 0.882 bits per heavy atom. The van der Waals surface area contributed by atoms with Crippen molar-refractivity contribution in [3.63, 3.8) is 0 Å². The maximum absolute atomic E-state index is 12.5. The molecule has 34 heavy (non-hydrogen) atoms. The number of H-pyrrole nitrogens is 1. The number of aromatic amines is 1. The van der Waals surface area contributed by atoms with Crippen LogP contribution in [0.25, 0.3) is 11.2 Å². The minimum absolute atomic E-state index is 0.381. The van der Waals surface area contributed by atoms with Gasteiger partial charge < -0.3 is 4.57 Å². The van der Waals surface area contributed by atoms with E-state index in [0.717, 1.165) is 25.0 Å². The molecule has 0 saturated heterocycles. The maximum Gasteiger partial charge on any atom is 0.329 e. The molecular weight excluding hydrogens is 428 g/mol. The first-order valence-corrected chi connectivity index (χ1v) is 13.5. The monoisotopic (exact) mass is 474 g/mol. The molecule has 0 unspecified atom stereocenters. The van der Waals surface area contributed by atoms with Crippen molar-refractivity contribution in [3.05, 3.63) is 20.8 Å². The Kier molecular flexibility index (Phi) is 12.7. The van der Waals surface area contributed by atoms with Crippen LogP contribution in [0.3, 0.4) is 0 Å². The number of anilines is 1. The van der Waals surface area contributed by atoms with E-state index in [-0.39, 0.29) is 0 Å². The Morgan fingerprint density at radius 2 is 1.41 bits per heavy atom.